The van der Waals surface area contributed by atoms with Crippen molar-refractivity contribution in [2.45, 2.75) is 25.0 Å². The lowest BCUT2D eigenvalue weighted by atomic mass is 9.83. The van der Waals surface area contributed by atoms with Crippen molar-refractivity contribution < 1.29 is 49.7 Å². The lowest BCUT2D eigenvalue weighted by molar-refractivity contribution is -0.178. The van der Waals surface area contributed by atoms with E-state index in [9.17, 15) is 40.2 Å². The molecule has 6 N–H and O–H groups in total. The maximum absolute atomic E-state index is 11.3. The molecule has 0 spiro atoms. The van der Waals surface area contributed by atoms with Crippen LogP contribution < -0.4 is 4.74 Å². The highest BCUT2D eigenvalue weighted by Gasteiger charge is 2.43. The predicted octanol–water partition coefficient (Wildman–Crippen LogP) is 1.32. The van der Waals surface area contributed by atoms with Crippen LogP contribution in [0.1, 0.15) is 24.0 Å². The molecule has 0 saturated carbocycles. The normalized spacial score (nSPS) is 19.7. The van der Waals surface area contributed by atoms with E-state index in [2.05, 4.69) is 0 Å². The van der Waals surface area contributed by atoms with Gasteiger partial charge in [0.15, 0.2) is 23.0 Å². The molecule has 1 atom stereocenters. The maximum Gasteiger partial charge on any atom is 0.307 e. The van der Waals surface area contributed by atoms with E-state index in [-0.39, 0.29) is 28.0 Å². The van der Waals surface area contributed by atoms with Gasteiger partial charge in [0.05, 0.1) is 20.0 Å². The first kappa shape index (κ1) is 21.1. The second-order valence-corrected chi connectivity index (χ2v) is 6.16. The van der Waals surface area contributed by atoms with E-state index in [0.29, 0.717) is 0 Å². The average molecular weight is 396 g/mol. The molecular formula is C18H20O10. The van der Waals surface area contributed by atoms with Crippen LogP contribution in [-0.2, 0) is 20.7 Å². The second-order valence-electron chi connectivity index (χ2n) is 6.16. The summed E-state index contributed by atoms with van der Waals surface area (Å²) in [5.74, 6) is -7.14. The smallest absolute Gasteiger partial charge is 0.307 e. The number of methoxy groups -OCH3 is 2. The van der Waals surface area contributed by atoms with Gasteiger partial charge in [-0.25, -0.2) is 0 Å². The summed E-state index contributed by atoms with van der Waals surface area (Å²) in [5.41, 5.74) is -0.194. The van der Waals surface area contributed by atoms with E-state index in [1.165, 1.54) is 13.2 Å². The molecule has 1 aromatic carbocycles. The molecule has 1 aliphatic rings. The Labute approximate surface area is 159 Å². The molecule has 1 unspecified atom stereocenters. The number of hydrogen-bond acceptors (Lipinski definition) is 8. The largest absolute Gasteiger partial charge is 0.504 e. The van der Waals surface area contributed by atoms with Gasteiger partial charge >= 0.3 is 11.9 Å². The fraction of sp³-hybridized carbons (Fsp3) is 0.333. The Morgan fingerprint density at radius 1 is 1.07 bits per heavy atom. The highest BCUT2D eigenvalue weighted by Crippen LogP contribution is 2.44. The number of aliphatic carboxylic acids is 2. The van der Waals surface area contributed by atoms with Gasteiger partial charge in [-0.2, -0.15) is 0 Å². The van der Waals surface area contributed by atoms with Crippen LogP contribution in [-0.4, -0.2) is 62.6 Å². The number of hydrogen-bond donors (Lipinski definition) is 6. The second kappa shape index (κ2) is 7.79. The number of benzene rings is 1. The van der Waals surface area contributed by atoms with Crippen LogP contribution in [0.4, 0.5) is 0 Å². The summed E-state index contributed by atoms with van der Waals surface area (Å²) in [4.78, 5) is 22.5. The van der Waals surface area contributed by atoms with Crippen molar-refractivity contribution in [1.29, 1.82) is 0 Å². The summed E-state index contributed by atoms with van der Waals surface area (Å²) in [7, 11) is 2.32. The first-order valence-corrected chi connectivity index (χ1v) is 8.00. The number of aliphatic hydroxyl groups excluding tert-OH is 2. The minimum absolute atomic E-state index is 0.0286. The van der Waals surface area contributed by atoms with E-state index in [1.807, 2.05) is 0 Å². The van der Waals surface area contributed by atoms with Crippen molar-refractivity contribution in [3.63, 3.8) is 0 Å². The summed E-state index contributed by atoms with van der Waals surface area (Å²) >= 11 is 0. The topological polar surface area (TPSA) is 174 Å². The highest BCUT2D eigenvalue weighted by atomic mass is 16.6. The molecule has 0 bridgehead atoms. The van der Waals surface area contributed by atoms with Crippen LogP contribution in [0.2, 0.25) is 0 Å². The van der Waals surface area contributed by atoms with Crippen LogP contribution in [0, 0.1) is 0 Å². The zero-order valence-electron chi connectivity index (χ0n) is 15.1. The van der Waals surface area contributed by atoms with Crippen molar-refractivity contribution in [1.82, 2.24) is 0 Å². The fourth-order valence-corrected chi connectivity index (χ4v) is 3.07. The molecule has 152 valence electrons. The number of aliphatic hydroxyl groups is 3. The first-order valence-electron chi connectivity index (χ1n) is 8.00. The lowest BCUT2D eigenvalue weighted by Gasteiger charge is -2.33. The number of allylic oxidation sites excluding steroid dienone is 1. The number of phenols is 1. The predicted molar refractivity (Wildman–Crippen MR) is 94.0 cm³/mol. The zero-order chi connectivity index (χ0) is 21.2. The van der Waals surface area contributed by atoms with Crippen LogP contribution in [0.15, 0.2) is 29.2 Å². The summed E-state index contributed by atoms with van der Waals surface area (Å²) < 4.78 is 9.77. The lowest BCUT2D eigenvalue weighted by Crippen LogP contribution is -2.38. The number of carbonyl (C=O) groups is 2. The molecular weight excluding hydrogens is 376 g/mol. The minimum Gasteiger partial charge on any atom is -0.504 e. The van der Waals surface area contributed by atoms with Crippen LogP contribution in [0.3, 0.4) is 0 Å². The number of rotatable bonds is 7. The molecule has 0 fully saturated rings. The van der Waals surface area contributed by atoms with Gasteiger partial charge in [0.25, 0.3) is 0 Å². The van der Waals surface area contributed by atoms with Crippen LogP contribution >= 0.6 is 0 Å². The SMILES string of the molecule is COc1cc(CC(=O)O)c(C2=C(CC(=O)O)CC(O)(OC)C(O)=C2O)cc1O. The third-order valence-corrected chi connectivity index (χ3v) is 4.36. The molecule has 1 aliphatic carbocycles. The minimum atomic E-state index is -2.35. The molecule has 0 amide bonds. The van der Waals surface area contributed by atoms with Crippen molar-refractivity contribution in [2.75, 3.05) is 14.2 Å². The molecule has 0 saturated heterocycles. The Balaban J connectivity index is 2.82. The van der Waals surface area contributed by atoms with Crippen molar-refractivity contribution in [2.24, 2.45) is 0 Å². The van der Waals surface area contributed by atoms with Crippen LogP contribution in [0.25, 0.3) is 5.57 Å². The Morgan fingerprint density at radius 2 is 1.68 bits per heavy atom. The van der Waals surface area contributed by atoms with Crippen LogP contribution in [0.5, 0.6) is 11.5 Å². The summed E-state index contributed by atoms with van der Waals surface area (Å²) in [5, 5.41) is 59.5. The number of ether oxygens (including phenoxy) is 2. The van der Waals surface area contributed by atoms with E-state index in [4.69, 9.17) is 9.47 Å². The third-order valence-electron chi connectivity index (χ3n) is 4.36. The highest BCUT2D eigenvalue weighted by molar-refractivity contribution is 5.88. The zero-order valence-corrected chi connectivity index (χ0v) is 15.1. The molecule has 2 rings (SSSR count). The van der Waals surface area contributed by atoms with Crippen molar-refractivity contribution in [3.05, 3.63) is 40.4 Å². The fourth-order valence-electron chi connectivity index (χ4n) is 3.07. The number of carboxylic acid groups (broad SMARTS) is 2. The van der Waals surface area contributed by atoms with E-state index >= 15 is 0 Å². The van der Waals surface area contributed by atoms with Gasteiger partial charge in [0, 0.05) is 19.1 Å². The number of phenolic OH excluding ortho intramolecular Hbond substituents is 1. The Morgan fingerprint density at radius 3 is 2.18 bits per heavy atom. The Bertz CT molecular complexity index is 883. The molecule has 10 heteroatoms. The van der Waals surface area contributed by atoms with Gasteiger partial charge in [-0.15, -0.1) is 0 Å². The summed E-state index contributed by atoms with van der Waals surface area (Å²) in [6.45, 7) is 0. The van der Waals surface area contributed by atoms with Gasteiger partial charge in [0.2, 0.25) is 5.79 Å². The van der Waals surface area contributed by atoms with Gasteiger partial charge in [-0.3, -0.25) is 9.59 Å². The van der Waals surface area contributed by atoms with Gasteiger partial charge < -0.3 is 40.1 Å². The van der Waals surface area contributed by atoms with Gasteiger partial charge in [0.1, 0.15) is 0 Å². The Kier molecular flexibility index (Phi) is 5.86. The quantitative estimate of drug-likeness (QED) is 0.369. The first-order chi connectivity index (χ1) is 13.0. The molecule has 0 radical (unpaired) electrons. The van der Waals surface area contributed by atoms with Crippen molar-refractivity contribution >= 4 is 17.5 Å². The molecule has 28 heavy (non-hydrogen) atoms. The third kappa shape index (κ3) is 3.87. The molecule has 0 heterocycles. The van der Waals surface area contributed by atoms with E-state index < -0.39 is 54.3 Å². The summed E-state index contributed by atoms with van der Waals surface area (Å²) in [6, 6.07) is 2.32. The number of aromatic hydroxyl groups is 1. The van der Waals surface area contributed by atoms with E-state index in [0.717, 1.165) is 13.2 Å². The summed E-state index contributed by atoms with van der Waals surface area (Å²) in [6.07, 6.45) is -1.68. The average Bonchev–Trinajstić information content (AvgIpc) is 2.60. The van der Waals surface area contributed by atoms with E-state index in [1.54, 1.807) is 0 Å². The molecule has 10 nitrogen and oxygen atoms in total. The van der Waals surface area contributed by atoms with Crippen molar-refractivity contribution in [3.8, 4) is 11.5 Å². The molecule has 0 aliphatic heterocycles. The maximum atomic E-state index is 11.3. The molecule has 1 aromatic rings. The molecule has 0 aromatic heterocycles. The van der Waals surface area contributed by atoms with Gasteiger partial charge in [-0.1, -0.05) is 0 Å². The Hall–Kier alpha value is -3.24. The monoisotopic (exact) mass is 396 g/mol. The standard InChI is InChI=1S/C18H20O10/c1-27-12-3-8(4-13(20)21)10(6-11(12)19)15-9(5-14(22)23)7-18(26,28-2)17(25)16(15)24/h3,6,19,24-26H,4-5,7H2,1-2H3,(H,20,21)(H,22,23). The van der Waals surface area contributed by atoms with Gasteiger partial charge in [-0.05, 0) is 28.8 Å². The number of carboxylic acids is 2.